The molecule has 0 aliphatic heterocycles. The van der Waals surface area contributed by atoms with Crippen LogP contribution in [0.15, 0.2) is 72.9 Å². The van der Waals surface area contributed by atoms with Gasteiger partial charge in [-0.25, -0.2) is 9.50 Å². The molecule has 12 heteroatoms. The normalized spacial score (nSPS) is 10.6. The van der Waals surface area contributed by atoms with Gasteiger partial charge in [-0.3, -0.25) is 0 Å². The topological polar surface area (TPSA) is 124 Å². The summed E-state index contributed by atoms with van der Waals surface area (Å²) in [5, 5.41) is 9.16. The van der Waals surface area contributed by atoms with E-state index in [0.29, 0.717) is 46.0 Å². The first-order chi connectivity index (χ1) is 21.4. The summed E-state index contributed by atoms with van der Waals surface area (Å²) < 4.78 is 34.5. The van der Waals surface area contributed by atoms with Gasteiger partial charge in [-0.2, -0.15) is 0 Å². The Morgan fingerprint density at radius 2 is 1.27 bits per heavy atom. The molecule has 3 aromatic carbocycles. The van der Waals surface area contributed by atoms with Crippen molar-refractivity contribution in [1.29, 1.82) is 0 Å². The smallest absolute Gasteiger partial charge is 0.162 e. The molecule has 0 saturated heterocycles. The number of nitrogens with one attached hydrogen (secondary N) is 1. The van der Waals surface area contributed by atoms with E-state index in [0.717, 1.165) is 32.0 Å². The van der Waals surface area contributed by atoms with Crippen LogP contribution in [0.1, 0.15) is 0 Å². The van der Waals surface area contributed by atoms with Crippen molar-refractivity contribution < 1.29 is 28.4 Å². The largest absolute Gasteiger partial charge is 0.493 e. The van der Waals surface area contributed by atoms with Crippen molar-refractivity contribution in [2.45, 2.75) is 0 Å². The van der Waals surface area contributed by atoms with Crippen LogP contribution in [0.25, 0.3) is 26.3 Å². The first kappa shape index (κ1) is 30.1. The second-order valence-corrected chi connectivity index (χ2v) is 10.4. The van der Waals surface area contributed by atoms with Gasteiger partial charge < -0.3 is 39.5 Å². The number of ether oxygens (including phenoxy) is 6. The Hall–Kier alpha value is -5.36. The molecule has 3 heterocycles. The molecule has 0 spiro atoms. The lowest BCUT2D eigenvalue weighted by atomic mass is 10.2. The van der Waals surface area contributed by atoms with E-state index in [4.69, 9.17) is 39.3 Å². The van der Waals surface area contributed by atoms with Crippen LogP contribution in [0.4, 0.5) is 17.2 Å². The third-order valence-electron chi connectivity index (χ3n) is 6.70. The molecule has 0 fully saturated rings. The number of hydrogen-bond acceptors (Lipinski definition) is 11. The minimum absolute atomic E-state index is 0.642. The molecule has 11 nitrogen and oxygen atoms in total. The maximum absolute atomic E-state index is 5.52. The third kappa shape index (κ3) is 6.20. The zero-order valence-electron chi connectivity index (χ0n) is 25.2. The summed E-state index contributed by atoms with van der Waals surface area (Å²) in [7, 11) is 9.67. The van der Waals surface area contributed by atoms with Crippen LogP contribution in [0.5, 0.6) is 34.5 Å². The van der Waals surface area contributed by atoms with Gasteiger partial charge in [-0.15, -0.1) is 16.4 Å². The molecule has 0 atom stereocenters. The fourth-order valence-electron chi connectivity index (χ4n) is 4.52. The monoisotopic (exact) mass is 615 g/mol. The lowest BCUT2D eigenvalue weighted by Crippen LogP contribution is -2.00. The van der Waals surface area contributed by atoms with Crippen molar-refractivity contribution in [3.8, 4) is 45.1 Å². The van der Waals surface area contributed by atoms with Gasteiger partial charge in [0.05, 0.1) is 53.7 Å². The molecular formula is C32H33N5O6S. The van der Waals surface area contributed by atoms with Crippen molar-refractivity contribution >= 4 is 44.3 Å². The summed E-state index contributed by atoms with van der Waals surface area (Å²) in [5.74, 6) is 4.75. The van der Waals surface area contributed by atoms with Crippen LogP contribution >= 0.6 is 11.3 Å². The van der Waals surface area contributed by atoms with Gasteiger partial charge in [0.15, 0.2) is 46.0 Å². The molecule has 6 rings (SSSR count). The van der Waals surface area contributed by atoms with E-state index >= 15 is 0 Å². The maximum Gasteiger partial charge on any atom is 0.162 e. The number of benzene rings is 3. The van der Waals surface area contributed by atoms with E-state index in [9.17, 15) is 0 Å². The highest BCUT2D eigenvalue weighted by Gasteiger charge is 2.15. The van der Waals surface area contributed by atoms with Crippen LogP contribution in [-0.2, 0) is 0 Å². The number of methoxy groups -OCH3 is 6. The average Bonchev–Trinajstić information content (AvgIpc) is 3.67. The lowest BCUT2D eigenvalue weighted by molar-refractivity contribution is 0.355. The van der Waals surface area contributed by atoms with Gasteiger partial charge in [0.2, 0.25) is 0 Å². The molecule has 0 bridgehead atoms. The summed E-state index contributed by atoms with van der Waals surface area (Å²) >= 11 is 1.65. The van der Waals surface area contributed by atoms with E-state index in [1.165, 1.54) is 0 Å². The molecular weight excluding hydrogens is 582 g/mol. The van der Waals surface area contributed by atoms with E-state index in [2.05, 4.69) is 16.4 Å². The van der Waals surface area contributed by atoms with Crippen molar-refractivity contribution in [2.75, 3.05) is 53.7 Å². The SMILES string of the molecule is COc1ccc(N)cc1OC.COc1ccc(Nc2ccc3ncc(-c4cc5cc(OC)c(OC)cc5s4)n3n2)cc1OC. The second-order valence-electron chi connectivity index (χ2n) is 9.30. The van der Waals surface area contributed by atoms with Gasteiger partial charge in [0.25, 0.3) is 0 Å². The fourth-order valence-corrected chi connectivity index (χ4v) is 5.58. The molecule has 0 radical (unpaired) electrons. The number of nitrogens with two attached hydrogens (primary N) is 1. The molecule has 0 amide bonds. The minimum atomic E-state index is 0.642. The number of thiophene rings is 1. The zero-order chi connectivity index (χ0) is 31.2. The Balaban J connectivity index is 0.000000296. The summed E-state index contributed by atoms with van der Waals surface area (Å²) in [5.41, 5.74) is 8.69. The molecule has 3 N–H and O–H groups in total. The van der Waals surface area contributed by atoms with Crippen molar-refractivity contribution in [1.82, 2.24) is 14.6 Å². The number of rotatable bonds is 9. The Morgan fingerprint density at radius 1 is 0.659 bits per heavy atom. The molecule has 3 aromatic heterocycles. The Labute approximate surface area is 258 Å². The molecule has 44 heavy (non-hydrogen) atoms. The first-order valence-electron chi connectivity index (χ1n) is 13.4. The molecule has 0 unspecified atom stereocenters. The molecule has 6 aromatic rings. The summed E-state index contributed by atoms with van der Waals surface area (Å²) in [6.45, 7) is 0. The van der Waals surface area contributed by atoms with Crippen LogP contribution < -0.4 is 39.5 Å². The number of aromatic nitrogens is 3. The van der Waals surface area contributed by atoms with E-state index in [1.807, 2.05) is 53.2 Å². The second kappa shape index (κ2) is 13.3. The van der Waals surface area contributed by atoms with Crippen molar-refractivity contribution in [3.05, 3.63) is 72.9 Å². The van der Waals surface area contributed by atoms with Gasteiger partial charge in [-0.1, -0.05) is 0 Å². The van der Waals surface area contributed by atoms with E-state index in [-0.39, 0.29) is 0 Å². The highest BCUT2D eigenvalue weighted by molar-refractivity contribution is 7.22. The number of fused-ring (bicyclic) bond motifs is 2. The summed E-state index contributed by atoms with van der Waals surface area (Å²) in [4.78, 5) is 5.57. The van der Waals surface area contributed by atoms with Gasteiger partial charge >= 0.3 is 0 Å². The Bertz CT molecular complexity index is 1860. The number of anilines is 3. The average molecular weight is 616 g/mol. The predicted octanol–water partition coefficient (Wildman–Crippen LogP) is 6.68. The number of nitrogen functional groups attached to an aromatic ring is 1. The summed E-state index contributed by atoms with van der Waals surface area (Å²) in [6, 6.07) is 20.8. The first-order valence-corrected chi connectivity index (χ1v) is 14.2. The van der Waals surface area contributed by atoms with Crippen LogP contribution in [0.3, 0.4) is 0 Å². The number of nitrogens with zero attached hydrogens (tertiary/aromatic N) is 3. The van der Waals surface area contributed by atoms with Gasteiger partial charge in [0, 0.05) is 34.3 Å². The highest BCUT2D eigenvalue weighted by Crippen LogP contribution is 2.40. The van der Waals surface area contributed by atoms with E-state index in [1.54, 1.807) is 72.2 Å². The number of imidazole rings is 1. The minimum Gasteiger partial charge on any atom is -0.493 e. The Kier molecular flexibility index (Phi) is 9.10. The fraction of sp³-hybridized carbons (Fsp3) is 0.188. The zero-order valence-corrected chi connectivity index (χ0v) is 26.0. The summed E-state index contributed by atoms with van der Waals surface area (Å²) in [6.07, 6.45) is 1.84. The maximum atomic E-state index is 5.52. The quantitative estimate of drug-likeness (QED) is 0.170. The van der Waals surface area contributed by atoms with E-state index < -0.39 is 0 Å². The number of hydrogen-bond donors (Lipinski definition) is 2. The lowest BCUT2D eigenvalue weighted by Gasteiger charge is -2.11. The molecule has 0 saturated carbocycles. The predicted molar refractivity (Wildman–Crippen MR) is 174 cm³/mol. The molecule has 0 aliphatic rings. The third-order valence-corrected chi connectivity index (χ3v) is 7.82. The molecule has 0 aliphatic carbocycles. The van der Waals surface area contributed by atoms with Gasteiger partial charge in [-0.05, 0) is 53.9 Å². The van der Waals surface area contributed by atoms with Crippen LogP contribution in [0, 0.1) is 0 Å². The van der Waals surface area contributed by atoms with Gasteiger partial charge in [0.1, 0.15) is 5.69 Å². The van der Waals surface area contributed by atoms with Crippen LogP contribution in [-0.4, -0.2) is 57.3 Å². The molecule has 228 valence electrons. The van der Waals surface area contributed by atoms with Crippen molar-refractivity contribution in [2.24, 2.45) is 0 Å². The van der Waals surface area contributed by atoms with Crippen molar-refractivity contribution in [3.63, 3.8) is 0 Å². The van der Waals surface area contributed by atoms with Crippen LogP contribution in [0.2, 0.25) is 0 Å². The Morgan fingerprint density at radius 3 is 1.95 bits per heavy atom. The standard InChI is InChI=1S/C24H22N4O4S.C8H11NO2/c1-29-17-6-5-15(11-19(17)31-3)26-23-7-8-24-25-13-16(28(24)27-23)22-10-14-9-18(30-2)20(32-4)12-21(14)33-22;1-10-7-4-3-6(9)5-8(7)11-2/h5-13H,1-4H3,(H,26,27);3-5H,9H2,1-2H3. The highest BCUT2D eigenvalue weighted by atomic mass is 32.1.